The molecule has 0 aliphatic carbocycles. The first kappa shape index (κ1) is 21.9. The molecule has 1 saturated heterocycles. The Kier molecular flexibility index (Phi) is 5.58. The SMILES string of the molecule is CN1CC(Cc2cc3c(=O)n(C4CCOCC4)cnc3c3ccccc23)=CC=C1S(C)(=O)=O. The van der Waals surface area contributed by atoms with E-state index in [-0.39, 0.29) is 11.6 Å². The van der Waals surface area contributed by atoms with E-state index in [4.69, 9.17) is 9.72 Å². The van der Waals surface area contributed by atoms with Gasteiger partial charge in [-0.25, -0.2) is 13.4 Å². The third kappa shape index (κ3) is 4.09. The lowest BCUT2D eigenvalue weighted by molar-refractivity contribution is 0.0685. The molecule has 0 spiro atoms. The van der Waals surface area contributed by atoms with Crippen molar-refractivity contribution in [3.8, 4) is 0 Å². The number of fused-ring (bicyclic) bond motifs is 3. The fourth-order valence-electron chi connectivity index (χ4n) is 4.94. The fraction of sp³-hybridized carbons (Fsp3) is 0.360. The van der Waals surface area contributed by atoms with Crippen molar-refractivity contribution < 1.29 is 13.2 Å². The standard InChI is InChI=1S/C25H27N3O4S/c1-27-15-17(7-8-23(27)33(2,30)31)13-18-14-22-24(21-6-4-3-5-20(18)21)26-16-28(25(22)29)19-9-11-32-12-10-19/h3-8,14,16,19H,9-13,15H2,1-2H3. The number of benzene rings is 2. The summed E-state index contributed by atoms with van der Waals surface area (Å²) < 4.78 is 31.2. The van der Waals surface area contributed by atoms with E-state index >= 15 is 0 Å². The first-order valence-corrected chi connectivity index (χ1v) is 13.0. The highest BCUT2D eigenvalue weighted by Gasteiger charge is 2.22. The second-order valence-electron chi connectivity index (χ2n) is 8.91. The number of allylic oxidation sites excluding steroid dienone is 2. The molecule has 7 nitrogen and oxygen atoms in total. The molecule has 5 rings (SSSR count). The zero-order chi connectivity index (χ0) is 23.2. The molecule has 0 radical (unpaired) electrons. The van der Waals surface area contributed by atoms with E-state index in [2.05, 4.69) is 6.07 Å². The molecule has 0 atom stereocenters. The van der Waals surface area contributed by atoms with E-state index in [9.17, 15) is 13.2 Å². The minimum absolute atomic E-state index is 0.0205. The normalized spacial score (nSPS) is 17.9. The highest BCUT2D eigenvalue weighted by atomic mass is 32.2. The van der Waals surface area contributed by atoms with E-state index in [1.54, 1.807) is 28.9 Å². The van der Waals surface area contributed by atoms with Crippen LogP contribution < -0.4 is 5.56 Å². The molecule has 0 amide bonds. The van der Waals surface area contributed by atoms with Crippen molar-refractivity contribution in [1.82, 2.24) is 14.5 Å². The third-order valence-corrected chi connectivity index (χ3v) is 7.75. The molecule has 2 aromatic carbocycles. The molecule has 172 valence electrons. The van der Waals surface area contributed by atoms with Gasteiger partial charge in [0.05, 0.1) is 17.2 Å². The Bertz CT molecular complexity index is 1460. The molecule has 0 N–H and O–H groups in total. The van der Waals surface area contributed by atoms with Crippen LogP contribution in [0.3, 0.4) is 0 Å². The first-order chi connectivity index (χ1) is 15.8. The summed E-state index contributed by atoms with van der Waals surface area (Å²) in [6.07, 6.45) is 8.70. The van der Waals surface area contributed by atoms with E-state index in [0.717, 1.165) is 40.3 Å². The summed E-state index contributed by atoms with van der Waals surface area (Å²) in [6.45, 7) is 1.83. The van der Waals surface area contributed by atoms with Crippen molar-refractivity contribution in [2.75, 3.05) is 33.1 Å². The van der Waals surface area contributed by atoms with Crippen molar-refractivity contribution in [1.29, 1.82) is 0 Å². The van der Waals surface area contributed by atoms with E-state index < -0.39 is 9.84 Å². The molecule has 1 fully saturated rings. The summed E-state index contributed by atoms with van der Waals surface area (Å²) >= 11 is 0. The van der Waals surface area contributed by atoms with Crippen LogP contribution in [0.5, 0.6) is 0 Å². The Labute approximate surface area is 192 Å². The average molecular weight is 466 g/mol. The fourth-order valence-corrected chi connectivity index (χ4v) is 5.88. The van der Waals surface area contributed by atoms with Crippen LogP contribution in [0.4, 0.5) is 0 Å². The maximum atomic E-state index is 13.5. The van der Waals surface area contributed by atoms with Gasteiger partial charge in [0.25, 0.3) is 5.56 Å². The van der Waals surface area contributed by atoms with E-state index in [1.807, 2.05) is 30.3 Å². The Balaban J connectivity index is 1.62. The van der Waals surface area contributed by atoms with Crippen LogP contribution >= 0.6 is 0 Å². The summed E-state index contributed by atoms with van der Waals surface area (Å²) in [6, 6.07) is 10.1. The maximum absolute atomic E-state index is 13.5. The van der Waals surface area contributed by atoms with Gasteiger partial charge in [-0.1, -0.05) is 30.3 Å². The van der Waals surface area contributed by atoms with Gasteiger partial charge in [-0.05, 0) is 47.9 Å². The smallest absolute Gasteiger partial charge is 0.261 e. The molecule has 33 heavy (non-hydrogen) atoms. The number of hydrogen-bond acceptors (Lipinski definition) is 6. The molecule has 2 aliphatic heterocycles. The number of hydrogen-bond donors (Lipinski definition) is 0. The Morgan fingerprint density at radius 2 is 1.82 bits per heavy atom. The minimum atomic E-state index is -3.27. The number of ether oxygens (including phenoxy) is 1. The summed E-state index contributed by atoms with van der Waals surface area (Å²) in [5, 5.41) is 2.95. The molecule has 0 unspecified atom stereocenters. The zero-order valence-corrected chi connectivity index (χ0v) is 19.6. The Morgan fingerprint density at radius 1 is 1.09 bits per heavy atom. The number of aromatic nitrogens is 2. The monoisotopic (exact) mass is 465 g/mol. The molecule has 2 aliphatic rings. The Morgan fingerprint density at radius 3 is 2.52 bits per heavy atom. The topological polar surface area (TPSA) is 81.5 Å². The first-order valence-electron chi connectivity index (χ1n) is 11.1. The van der Waals surface area contributed by atoms with Crippen molar-refractivity contribution in [3.05, 3.63) is 75.3 Å². The molecule has 8 heteroatoms. The van der Waals surface area contributed by atoms with Gasteiger partial charge in [-0.3, -0.25) is 9.36 Å². The summed E-state index contributed by atoms with van der Waals surface area (Å²) in [5.41, 5.74) is 2.82. The lowest BCUT2D eigenvalue weighted by Gasteiger charge is -2.26. The zero-order valence-electron chi connectivity index (χ0n) is 18.8. The van der Waals surface area contributed by atoms with Crippen molar-refractivity contribution in [2.45, 2.75) is 25.3 Å². The Hall–Kier alpha value is -2.97. The summed E-state index contributed by atoms with van der Waals surface area (Å²) in [5.74, 6) is 0. The molecular formula is C25H27N3O4S. The lowest BCUT2D eigenvalue weighted by atomic mass is 9.95. The minimum Gasteiger partial charge on any atom is -0.381 e. The predicted molar refractivity (Wildman–Crippen MR) is 130 cm³/mol. The van der Waals surface area contributed by atoms with E-state index in [1.165, 1.54) is 6.26 Å². The lowest BCUT2D eigenvalue weighted by Crippen LogP contribution is -2.29. The van der Waals surface area contributed by atoms with Gasteiger partial charge in [0.15, 0.2) is 9.84 Å². The van der Waals surface area contributed by atoms with Gasteiger partial charge in [-0.2, -0.15) is 0 Å². The van der Waals surface area contributed by atoms with Gasteiger partial charge >= 0.3 is 0 Å². The number of likely N-dealkylation sites (N-methyl/N-ethyl adjacent to an activating group) is 1. The van der Waals surface area contributed by atoms with Crippen molar-refractivity contribution >= 4 is 31.5 Å². The summed E-state index contributed by atoms with van der Waals surface area (Å²) in [7, 11) is -1.49. The second kappa shape index (κ2) is 8.43. The van der Waals surface area contributed by atoms with Crippen LogP contribution in [0.1, 0.15) is 24.4 Å². The van der Waals surface area contributed by atoms with Crippen LogP contribution in [0.15, 0.2) is 64.2 Å². The van der Waals surface area contributed by atoms with Crippen LogP contribution in [-0.4, -0.2) is 55.9 Å². The molecular weight excluding hydrogens is 438 g/mol. The van der Waals surface area contributed by atoms with Crippen LogP contribution in [-0.2, 0) is 21.0 Å². The number of sulfone groups is 1. The van der Waals surface area contributed by atoms with Crippen LogP contribution in [0, 0.1) is 0 Å². The molecule has 3 aromatic rings. The third-order valence-electron chi connectivity index (χ3n) is 6.54. The molecule has 0 bridgehead atoms. The molecule has 0 saturated carbocycles. The van der Waals surface area contributed by atoms with Crippen LogP contribution in [0.25, 0.3) is 21.7 Å². The predicted octanol–water partition coefficient (Wildman–Crippen LogP) is 3.20. The van der Waals surface area contributed by atoms with Crippen LogP contribution in [0.2, 0.25) is 0 Å². The summed E-state index contributed by atoms with van der Waals surface area (Å²) in [4.78, 5) is 20.0. The molecule has 3 heterocycles. The van der Waals surface area contributed by atoms with Gasteiger partial charge in [0.2, 0.25) is 0 Å². The highest BCUT2D eigenvalue weighted by molar-refractivity contribution is 7.94. The van der Waals surface area contributed by atoms with Gasteiger partial charge in [0, 0.05) is 44.5 Å². The number of rotatable bonds is 4. The van der Waals surface area contributed by atoms with Gasteiger partial charge in [0.1, 0.15) is 5.03 Å². The van der Waals surface area contributed by atoms with Crippen molar-refractivity contribution in [2.24, 2.45) is 0 Å². The maximum Gasteiger partial charge on any atom is 0.261 e. The quantitative estimate of drug-likeness (QED) is 0.551. The number of nitrogens with zero attached hydrogens (tertiary/aromatic N) is 3. The second-order valence-corrected chi connectivity index (χ2v) is 10.9. The largest absolute Gasteiger partial charge is 0.381 e. The molecule has 1 aromatic heterocycles. The van der Waals surface area contributed by atoms with E-state index in [0.29, 0.717) is 36.6 Å². The average Bonchev–Trinajstić information content (AvgIpc) is 2.80. The van der Waals surface area contributed by atoms with Gasteiger partial charge < -0.3 is 9.64 Å². The van der Waals surface area contributed by atoms with Gasteiger partial charge in [-0.15, -0.1) is 0 Å². The highest BCUT2D eigenvalue weighted by Crippen LogP contribution is 2.30. The van der Waals surface area contributed by atoms with Crippen molar-refractivity contribution in [3.63, 3.8) is 0 Å².